The van der Waals surface area contributed by atoms with Gasteiger partial charge in [-0.1, -0.05) is 22.6 Å². The first-order valence-corrected chi connectivity index (χ1v) is 8.70. The van der Waals surface area contributed by atoms with Gasteiger partial charge in [0, 0.05) is 21.8 Å². The zero-order valence-electron chi connectivity index (χ0n) is 10.4. The zero-order chi connectivity index (χ0) is 13.6. The Balaban J connectivity index is 2.44. The molecule has 2 aromatic rings. The van der Waals surface area contributed by atoms with Gasteiger partial charge in [0.25, 0.3) is 0 Å². The molecule has 0 N–H and O–H groups in total. The number of alkyl halides is 1. The molecule has 0 saturated carbocycles. The van der Waals surface area contributed by atoms with Gasteiger partial charge < -0.3 is 9.15 Å². The highest BCUT2D eigenvalue weighted by atomic mass is 127. The van der Waals surface area contributed by atoms with E-state index in [4.69, 9.17) is 9.15 Å². The van der Waals surface area contributed by atoms with E-state index in [0.717, 1.165) is 46.1 Å². The Morgan fingerprint density at radius 1 is 1.42 bits per heavy atom. The number of hydrogen-bond donors (Lipinski definition) is 0. The third-order valence-corrected chi connectivity index (χ3v) is 5.26. The molecule has 0 spiro atoms. The van der Waals surface area contributed by atoms with Crippen LogP contribution in [-0.4, -0.2) is 11.0 Å². The predicted molar refractivity (Wildman–Crippen MR) is 91.7 cm³/mol. The summed E-state index contributed by atoms with van der Waals surface area (Å²) in [6.07, 6.45) is 1.80. The van der Waals surface area contributed by atoms with Crippen LogP contribution >= 0.6 is 45.2 Å². The van der Waals surface area contributed by atoms with Gasteiger partial charge in [-0.25, -0.2) is 4.79 Å². The topological polar surface area (TPSA) is 39.4 Å². The zero-order valence-corrected chi connectivity index (χ0v) is 14.7. The lowest BCUT2D eigenvalue weighted by atomic mass is 10.00. The van der Waals surface area contributed by atoms with Gasteiger partial charge in [-0.3, -0.25) is 0 Å². The normalized spacial score (nSPS) is 13.6. The van der Waals surface area contributed by atoms with Gasteiger partial charge in [-0.05, 0) is 53.1 Å². The SMILES string of the molecule is Cc1c(I)c(=O)oc2c(CCI)c3c(cc12)CCO3. The first-order chi connectivity index (χ1) is 9.13. The summed E-state index contributed by atoms with van der Waals surface area (Å²) in [6.45, 7) is 2.71. The quantitative estimate of drug-likeness (QED) is 0.373. The molecule has 0 saturated heterocycles. The Morgan fingerprint density at radius 3 is 2.95 bits per heavy atom. The lowest BCUT2D eigenvalue weighted by molar-refractivity contribution is 0.353. The van der Waals surface area contributed by atoms with Crippen LogP contribution in [0.2, 0.25) is 0 Å². The molecule has 0 aliphatic carbocycles. The van der Waals surface area contributed by atoms with Gasteiger partial charge in [0.05, 0.1) is 6.61 Å². The van der Waals surface area contributed by atoms with Crippen LogP contribution < -0.4 is 10.4 Å². The minimum atomic E-state index is -0.252. The highest BCUT2D eigenvalue weighted by molar-refractivity contribution is 14.1. The van der Waals surface area contributed by atoms with Crippen molar-refractivity contribution in [2.24, 2.45) is 0 Å². The molecular weight excluding hydrogens is 470 g/mol. The van der Waals surface area contributed by atoms with Gasteiger partial charge in [0.2, 0.25) is 0 Å². The van der Waals surface area contributed by atoms with Crippen molar-refractivity contribution in [3.8, 4) is 5.75 Å². The van der Waals surface area contributed by atoms with E-state index in [0.29, 0.717) is 9.15 Å². The van der Waals surface area contributed by atoms with Crippen molar-refractivity contribution in [1.82, 2.24) is 0 Å². The number of halogens is 2. The lowest BCUT2D eigenvalue weighted by Gasteiger charge is -2.12. The van der Waals surface area contributed by atoms with Crippen molar-refractivity contribution in [2.75, 3.05) is 11.0 Å². The van der Waals surface area contributed by atoms with Gasteiger partial charge in [0.15, 0.2) is 0 Å². The average Bonchev–Trinajstić information content (AvgIpc) is 2.85. The molecule has 0 unspecified atom stereocenters. The van der Waals surface area contributed by atoms with E-state index in [1.165, 1.54) is 5.56 Å². The monoisotopic (exact) mass is 482 g/mol. The predicted octanol–water partition coefficient (Wildman–Crippen LogP) is 3.62. The summed E-state index contributed by atoms with van der Waals surface area (Å²) in [5.41, 5.74) is 3.76. The van der Waals surface area contributed by atoms with Crippen molar-refractivity contribution < 1.29 is 9.15 Å². The standard InChI is InChI=1S/C14H12I2O3/c1-7-10-6-8-3-5-18-12(8)9(2-4-15)13(10)19-14(17)11(7)16/h6H,2-5H2,1H3. The van der Waals surface area contributed by atoms with Crippen LogP contribution in [0.25, 0.3) is 11.0 Å². The fourth-order valence-electron chi connectivity index (χ4n) is 2.52. The molecule has 0 bridgehead atoms. The van der Waals surface area contributed by atoms with E-state index < -0.39 is 0 Å². The second-order valence-electron chi connectivity index (χ2n) is 4.59. The van der Waals surface area contributed by atoms with Gasteiger partial charge in [-0.2, -0.15) is 0 Å². The first-order valence-electron chi connectivity index (χ1n) is 6.10. The molecule has 1 aliphatic rings. The third-order valence-electron chi connectivity index (χ3n) is 3.47. The fourth-order valence-corrected chi connectivity index (χ4v) is 3.46. The Morgan fingerprint density at radius 2 is 2.21 bits per heavy atom. The molecule has 0 radical (unpaired) electrons. The molecule has 2 heterocycles. The average molecular weight is 482 g/mol. The van der Waals surface area contributed by atoms with E-state index in [1.54, 1.807) is 0 Å². The molecule has 1 aliphatic heterocycles. The van der Waals surface area contributed by atoms with Gasteiger partial charge >= 0.3 is 5.63 Å². The summed E-state index contributed by atoms with van der Waals surface area (Å²) >= 11 is 4.40. The van der Waals surface area contributed by atoms with E-state index in [-0.39, 0.29) is 5.63 Å². The smallest absolute Gasteiger partial charge is 0.350 e. The summed E-state index contributed by atoms with van der Waals surface area (Å²) < 4.78 is 12.9. The second kappa shape index (κ2) is 5.23. The van der Waals surface area contributed by atoms with Crippen LogP contribution in [0.4, 0.5) is 0 Å². The molecule has 100 valence electrons. The highest BCUT2D eigenvalue weighted by Crippen LogP contribution is 2.37. The van der Waals surface area contributed by atoms with Gasteiger partial charge in [-0.15, -0.1) is 0 Å². The summed E-state index contributed by atoms with van der Waals surface area (Å²) in [7, 11) is 0. The van der Waals surface area contributed by atoms with Crippen LogP contribution in [0.1, 0.15) is 16.7 Å². The molecular formula is C14H12I2O3. The van der Waals surface area contributed by atoms with Crippen LogP contribution in [0.5, 0.6) is 5.75 Å². The van der Waals surface area contributed by atoms with Gasteiger partial charge in [0.1, 0.15) is 14.9 Å². The van der Waals surface area contributed by atoms with Crippen LogP contribution in [0.15, 0.2) is 15.3 Å². The lowest BCUT2D eigenvalue weighted by Crippen LogP contribution is -2.07. The summed E-state index contributed by atoms with van der Waals surface area (Å²) in [4.78, 5) is 11.9. The fraction of sp³-hybridized carbons (Fsp3) is 0.357. The molecule has 0 amide bonds. The minimum Gasteiger partial charge on any atom is -0.493 e. The molecule has 0 fully saturated rings. The number of benzene rings is 1. The third kappa shape index (κ3) is 2.18. The summed E-state index contributed by atoms with van der Waals surface area (Å²) in [5, 5.41) is 1.05. The maximum atomic E-state index is 11.9. The Labute approximate surface area is 138 Å². The Hall–Kier alpha value is -0.310. The van der Waals surface area contributed by atoms with E-state index in [9.17, 15) is 4.79 Å². The number of aryl methyl sites for hydroxylation is 2. The molecule has 0 atom stereocenters. The van der Waals surface area contributed by atoms with Crippen molar-refractivity contribution in [2.45, 2.75) is 19.8 Å². The van der Waals surface area contributed by atoms with Crippen molar-refractivity contribution in [3.05, 3.63) is 36.7 Å². The molecule has 3 nitrogen and oxygen atoms in total. The minimum absolute atomic E-state index is 0.252. The molecule has 1 aromatic carbocycles. The summed E-state index contributed by atoms with van der Waals surface area (Å²) in [5.74, 6) is 0.938. The maximum Gasteiger partial charge on any atom is 0.350 e. The van der Waals surface area contributed by atoms with E-state index in [2.05, 4.69) is 51.2 Å². The number of fused-ring (bicyclic) bond motifs is 2. The molecule has 3 rings (SSSR count). The Kier molecular flexibility index (Phi) is 3.76. The summed E-state index contributed by atoms with van der Waals surface area (Å²) in [6, 6.07) is 2.12. The van der Waals surface area contributed by atoms with Crippen LogP contribution in [0, 0.1) is 10.5 Å². The molecule has 5 heteroatoms. The second-order valence-corrected chi connectivity index (χ2v) is 6.74. The first kappa shape index (κ1) is 13.7. The highest BCUT2D eigenvalue weighted by Gasteiger charge is 2.22. The van der Waals surface area contributed by atoms with Crippen molar-refractivity contribution >= 4 is 56.2 Å². The number of hydrogen-bond acceptors (Lipinski definition) is 3. The van der Waals surface area contributed by atoms with Crippen LogP contribution in [0.3, 0.4) is 0 Å². The maximum absolute atomic E-state index is 11.9. The molecule has 19 heavy (non-hydrogen) atoms. The Bertz CT molecular complexity index is 719. The van der Waals surface area contributed by atoms with Crippen LogP contribution in [-0.2, 0) is 12.8 Å². The number of ether oxygens (including phenoxy) is 1. The number of rotatable bonds is 2. The van der Waals surface area contributed by atoms with Crippen molar-refractivity contribution in [1.29, 1.82) is 0 Å². The van der Waals surface area contributed by atoms with E-state index >= 15 is 0 Å². The van der Waals surface area contributed by atoms with E-state index in [1.807, 2.05) is 6.92 Å². The van der Waals surface area contributed by atoms with Crippen molar-refractivity contribution in [3.63, 3.8) is 0 Å². The largest absolute Gasteiger partial charge is 0.493 e. The molecule has 1 aromatic heterocycles.